The minimum absolute atomic E-state index is 0.121. The number of carbonyl (C=O) groups excluding carboxylic acids is 1. The molecule has 1 amide bonds. The van der Waals surface area contributed by atoms with Crippen LogP contribution in [0.3, 0.4) is 0 Å². The number of nitrogens with one attached hydrogen (secondary N) is 1. The van der Waals surface area contributed by atoms with Crippen LogP contribution in [0.25, 0.3) is 0 Å². The van der Waals surface area contributed by atoms with E-state index in [9.17, 15) is 14.3 Å². The van der Waals surface area contributed by atoms with Crippen LogP contribution in [-0.2, 0) is 11.2 Å². The molecule has 0 aliphatic carbocycles. The van der Waals surface area contributed by atoms with Crippen LogP contribution in [-0.4, -0.2) is 23.2 Å². The summed E-state index contributed by atoms with van der Waals surface area (Å²) in [6.07, 6.45) is 2.01. The van der Waals surface area contributed by atoms with Crippen LogP contribution in [0.1, 0.15) is 38.7 Å². The highest BCUT2D eigenvalue weighted by Crippen LogP contribution is 2.13. The molecule has 0 fully saturated rings. The number of hydrogen-bond acceptors (Lipinski definition) is 2. The first kappa shape index (κ1) is 15.6. The number of rotatable bonds is 7. The van der Waals surface area contributed by atoms with Crippen molar-refractivity contribution in [2.24, 2.45) is 0 Å². The monoisotopic (exact) mass is 267 g/mol. The van der Waals surface area contributed by atoms with E-state index in [0.717, 1.165) is 5.56 Å². The Bertz CT molecular complexity index is 416. The van der Waals surface area contributed by atoms with Gasteiger partial charge in [0.2, 0.25) is 5.91 Å². The Morgan fingerprint density at radius 2 is 2.05 bits per heavy atom. The summed E-state index contributed by atoms with van der Waals surface area (Å²) < 4.78 is 13.0. The Balaban J connectivity index is 2.36. The van der Waals surface area contributed by atoms with E-state index in [2.05, 4.69) is 5.32 Å². The van der Waals surface area contributed by atoms with Gasteiger partial charge < -0.3 is 10.4 Å². The van der Waals surface area contributed by atoms with Crippen molar-refractivity contribution in [3.05, 3.63) is 35.6 Å². The highest BCUT2D eigenvalue weighted by atomic mass is 19.1. The standard InChI is InChI=1S/C15H22FNO2/c1-3-15(19,4-2)11-17-14(18)9-8-12-6-5-7-13(16)10-12/h5-7,10,19H,3-4,8-9,11H2,1-2H3,(H,17,18). The van der Waals surface area contributed by atoms with Gasteiger partial charge in [0.15, 0.2) is 0 Å². The van der Waals surface area contributed by atoms with Crippen LogP contribution in [0, 0.1) is 5.82 Å². The van der Waals surface area contributed by atoms with E-state index in [0.29, 0.717) is 25.7 Å². The molecule has 4 heteroatoms. The Morgan fingerprint density at radius 3 is 2.63 bits per heavy atom. The van der Waals surface area contributed by atoms with Gasteiger partial charge in [0.05, 0.1) is 5.60 Å². The van der Waals surface area contributed by atoms with Crippen molar-refractivity contribution in [3.63, 3.8) is 0 Å². The van der Waals surface area contributed by atoms with Gasteiger partial charge in [-0.1, -0.05) is 26.0 Å². The van der Waals surface area contributed by atoms with Crippen molar-refractivity contribution in [3.8, 4) is 0 Å². The number of carbonyl (C=O) groups is 1. The van der Waals surface area contributed by atoms with E-state index in [1.165, 1.54) is 12.1 Å². The maximum absolute atomic E-state index is 13.0. The van der Waals surface area contributed by atoms with E-state index < -0.39 is 5.60 Å². The van der Waals surface area contributed by atoms with Crippen LogP contribution >= 0.6 is 0 Å². The van der Waals surface area contributed by atoms with E-state index in [1.54, 1.807) is 12.1 Å². The van der Waals surface area contributed by atoms with Crippen LogP contribution in [0.4, 0.5) is 4.39 Å². The molecule has 0 heterocycles. The molecule has 19 heavy (non-hydrogen) atoms. The van der Waals surface area contributed by atoms with Gasteiger partial charge in [0.25, 0.3) is 0 Å². The van der Waals surface area contributed by atoms with Crippen molar-refractivity contribution in [1.82, 2.24) is 5.32 Å². The third kappa shape index (κ3) is 5.39. The van der Waals surface area contributed by atoms with Crippen molar-refractivity contribution in [2.75, 3.05) is 6.54 Å². The lowest BCUT2D eigenvalue weighted by molar-refractivity contribution is -0.122. The highest BCUT2D eigenvalue weighted by molar-refractivity contribution is 5.76. The SMILES string of the molecule is CCC(O)(CC)CNC(=O)CCc1cccc(F)c1. The molecule has 1 rings (SSSR count). The average Bonchev–Trinajstić information content (AvgIpc) is 2.42. The Hall–Kier alpha value is -1.42. The molecular weight excluding hydrogens is 245 g/mol. The molecule has 2 N–H and O–H groups in total. The first-order valence-electron chi connectivity index (χ1n) is 6.72. The molecule has 0 saturated carbocycles. The van der Waals surface area contributed by atoms with Gasteiger partial charge in [0.1, 0.15) is 5.82 Å². The quantitative estimate of drug-likeness (QED) is 0.797. The topological polar surface area (TPSA) is 49.3 Å². The largest absolute Gasteiger partial charge is 0.388 e. The highest BCUT2D eigenvalue weighted by Gasteiger charge is 2.22. The maximum atomic E-state index is 13.0. The molecule has 106 valence electrons. The molecule has 3 nitrogen and oxygen atoms in total. The normalized spacial score (nSPS) is 11.4. The lowest BCUT2D eigenvalue weighted by Crippen LogP contribution is -2.42. The molecule has 0 radical (unpaired) electrons. The molecule has 0 saturated heterocycles. The number of aliphatic hydroxyl groups is 1. The van der Waals surface area contributed by atoms with Crippen LogP contribution in [0.5, 0.6) is 0 Å². The van der Waals surface area contributed by atoms with Gasteiger partial charge in [-0.2, -0.15) is 0 Å². The summed E-state index contributed by atoms with van der Waals surface area (Å²) in [4.78, 5) is 11.7. The molecule has 0 unspecified atom stereocenters. The molecule has 1 aromatic rings. The number of benzene rings is 1. The zero-order valence-corrected chi connectivity index (χ0v) is 11.6. The van der Waals surface area contributed by atoms with E-state index in [-0.39, 0.29) is 18.3 Å². The fourth-order valence-corrected chi connectivity index (χ4v) is 1.80. The zero-order valence-electron chi connectivity index (χ0n) is 11.6. The summed E-state index contributed by atoms with van der Waals surface area (Å²) >= 11 is 0. The smallest absolute Gasteiger partial charge is 0.220 e. The lowest BCUT2D eigenvalue weighted by atomic mass is 9.97. The molecule has 0 aromatic heterocycles. The summed E-state index contributed by atoms with van der Waals surface area (Å²) in [5.74, 6) is -0.408. The van der Waals surface area contributed by atoms with Gasteiger partial charge in [-0.15, -0.1) is 0 Å². The second-order valence-electron chi connectivity index (χ2n) is 4.84. The molecule has 0 aliphatic rings. The van der Waals surface area contributed by atoms with Gasteiger partial charge in [-0.25, -0.2) is 4.39 Å². The zero-order chi connectivity index (χ0) is 14.3. The van der Waals surface area contributed by atoms with Gasteiger partial charge in [-0.3, -0.25) is 4.79 Å². The maximum Gasteiger partial charge on any atom is 0.220 e. The summed E-state index contributed by atoms with van der Waals surface area (Å²) in [6.45, 7) is 4.05. The van der Waals surface area contributed by atoms with Crippen LogP contribution < -0.4 is 5.32 Å². The van der Waals surface area contributed by atoms with Crippen molar-refractivity contribution in [2.45, 2.75) is 45.1 Å². The van der Waals surface area contributed by atoms with Crippen molar-refractivity contribution >= 4 is 5.91 Å². The minimum Gasteiger partial charge on any atom is -0.388 e. The molecule has 0 bridgehead atoms. The second kappa shape index (κ2) is 7.24. The van der Waals surface area contributed by atoms with Crippen LogP contribution in [0.15, 0.2) is 24.3 Å². The fraction of sp³-hybridized carbons (Fsp3) is 0.533. The third-order valence-electron chi connectivity index (χ3n) is 3.46. The van der Waals surface area contributed by atoms with Gasteiger partial charge in [0, 0.05) is 13.0 Å². The number of amides is 1. The summed E-state index contributed by atoms with van der Waals surface area (Å²) in [5, 5.41) is 12.8. The number of halogens is 1. The first-order chi connectivity index (χ1) is 8.99. The number of hydrogen-bond donors (Lipinski definition) is 2. The minimum atomic E-state index is -0.825. The second-order valence-corrected chi connectivity index (χ2v) is 4.84. The van der Waals surface area contributed by atoms with E-state index in [1.807, 2.05) is 13.8 Å². The average molecular weight is 267 g/mol. The molecule has 0 aliphatic heterocycles. The summed E-state index contributed by atoms with van der Waals surface area (Å²) in [6, 6.07) is 6.24. The Morgan fingerprint density at radius 1 is 1.37 bits per heavy atom. The van der Waals surface area contributed by atoms with E-state index in [4.69, 9.17) is 0 Å². The predicted octanol–water partition coefficient (Wildman–Crippen LogP) is 2.43. The van der Waals surface area contributed by atoms with Crippen molar-refractivity contribution < 1.29 is 14.3 Å². The lowest BCUT2D eigenvalue weighted by Gasteiger charge is -2.25. The molecule has 1 aromatic carbocycles. The Labute approximate surface area is 113 Å². The van der Waals surface area contributed by atoms with Crippen LogP contribution in [0.2, 0.25) is 0 Å². The molecule has 0 atom stereocenters. The predicted molar refractivity (Wildman–Crippen MR) is 73.3 cm³/mol. The third-order valence-corrected chi connectivity index (χ3v) is 3.46. The Kier molecular flexibility index (Phi) is 5.96. The van der Waals surface area contributed by atoms with Gasteiger partial charge in [-0.05, 0) is 37.0 Å². The van der Waals surface area contributed by atoms with E-state index >= 15 is 0 Å². The number of aryl methyl sites for hydroxylation is 1. The molecule has 0 spiro atoms. The first-order valence-corrected chi connectivity index (χ1v) is 6.72. The molecular formula is C15H22FNO2. The summed E-state index contributed by atoms with van der Waals surface area (Å²) in [7, 11) is 0. The fourth-order valence-electron chi connectivity index (χ4n) is 1.80. The van der Waals surface area contributed by atoms with Gasteiger partial charge >= 0.3 is 0 Å². The van der Waals surface area contributed by atoms with Crippen molar-refractivity contribution in [1.29, 1.82) is 0 Å². The summed E-state index contributed by atoms with van der Waals surface area (Å²) in [5.41, 5.74) is -0.0227.